The standard InChI is InChI=1S/C18H21N3O2/c1-13(2)12-19-17(22)18(23)21-16-10-8-15(9-11-16)20-14-6-4-3-5-7-14/h3-11,13,20H,12H2,1-2H3,(H,19,22)(H,21,23). The van der Waals surface area contributed by atoms with Crippen LogP contribution in [-0.2, 0) is 9.59 Å². The third kappa shape index (κ3) is 5.47. The van der Waals surface area contributed by atoms with Crippen LogP contribution in [0.1, 0.15) is 13.8 Å². The van der Waals surface area contributed by atoms with Crippen LogP contribution in [0.2, 0.25) is 0 Å². The zero-order valence-electron chi connectivity index (χ0n) is 13.3. The van der Waals surface area contributed by atoms with Crippen molar-refractivity contribution in [3.63, 3.8) is 0 Å². The van der Waals surface area contributed by atoms with Crippen LogP contribution in [0, 0.1) is 5.92 Å². The quantitative estimate of drug-likeness (QED) is 0.743. The molecule has 120 valence electrons. The van der Waals surface area contributed by atoms with E-state index in [2.05, 4.69) is 16.0 Å². The van der Waals surface area contributed by atoms with Crippen LogP contribution < -0.4 is 16.0 Å². The van der Waals surface area contributed by atoms with E-state index in [1.54, 1.807) is 12.1 Å². The first-order valence-electron chi connectivity index (χ1n) is 7.56. The molecule has 0 aliphatic rings. The third-order valence-electron chi connectivity index (χ3n) is 3.08. The Morgan fingerprint density at radius 1 is 0.826 bits per heavy atom. The predicted molar refractivity (Wildman–Crippen MR) is 92.6 cm³/mol. The van der Waals surface area contributed by atoms with Crippen molar-refractivity contribution in [2.24, 2.45) is 5.92 Å². The summed E-state index contributed by atoms with van der Waals surface area (Å²) in [6.45, 7) is 4.42. The van der Waals surface area contributed by atoms with Gasteiger partial charge in [-0.1, -0.05) is 32.0 Å². The number of hydrogen-bond acceptors (Lipinski definition) is 3. The lowest BCUT2D eigenvalue weighted by Crippen LogP contribution is -2.37. The van der Waals surface area contributed by atoms with Gasteiger partial charge in [-0.3, -0.25) is 9.59 Å². The van der Waals surface area contributed by atoms with Gasteiger partial charge in [-0.2, -0.15) is 0 Å². The van der Waals surface area contributed by atoms with Crippen molar-refractivity contribution in [1.82, 2.24) is 5.32 Å². The summed E-state index contributed by atoms with van der Waals surface area (Å²) in [5.41, 5.74) is 2.46. The Balaban J connectivity index is 1.89. The van der Waals surface area contributed by atoms with Gasteiger partial charge in [0.1, 0.15) is 0 Å². The summed E-state index contributed by atoms with van der Waals surface area (Å²) in [5.74, 6) is -0.977. The Morgan fingerprint density at radius 2 is 1.39 bits per heavy atom. The Hall–Kier alpha value is -2.82. The van der Waals surface area contributed by atoms with Gasteiger partial charge in [-0.05, 0) is 42.3 Å². The highest BCUT2D eigenvalue weighted by Crippen LogP contribution is 2.18. The van der Waals surface area contributed by atoms with E-state index in [1.165, 1.54) is 0 Å². The molecule has 2 aromatic carbocycles. The molecule has 5 heteroatoms. The van der Waals surface area contributed by atoms with E-state index in [1.807, 2.05) is 56.3 Å². The van der Waals surface area contributed by atoms with Gasteiger partial charge >= 0.3 is 11.8 Å². The number of benzene rings is 2. The Morgan fingerprint density at radius 3 is 2.00 bits per heavy atom. The average molecular weight is 311 g/mol. The molecule has 0 aliphatic heterocycles. The van der Waals surface area contributed by atoms with Crippen molar-refractivity contribution in [2.75, 3.05) is 17.2 Å². The summed E-state index contributed by atoms with van der Waals surface area (Å²) in [6, 6.07) is 17.0. The highest BCUT2D eigenvalue weighted by molar-refractivity contribution is 6.39. The summed E-state index contributed by atoms with van der Waals surface area (Å²) in [5, 5.41) is 8.41. The van der Waals surface area contributed by atoms with E-state index in [4.69, 9.17) is 0 Å². The zero-order chi connectivity index (χ0) is 16.7. The molecule has 5 nitrogen and oxygen atoms in total. The Kier molecular flexibility index (Phi) is 5.74. The van der Waals surface area contributed by atoms with Gasteiger partial charge in [0.25, 0.3) is 0 Å². The van der Waals surface area contributed by atoms with Crippen molar-refractivity contribution in [3.05, 3.63) is 54.6 Å². The summed E-state index contributed by atoms with van der Waals surface area (Å²) >= 11 is 0. The molecule has 2 rings (SSSR count). The van der Waals surface area contributed by atoms with E-state index >= 15 is 0 Å². The van der Waals surface area contributed by atoms with Crippen LogP contribution in [0.5, 0.6) is 0 Å². The molecule has 23 heavy (non-hydrogen) atoms. The van der Waals surface area contributed by atoms with Crippen LogP contribution in [0.25, 0.3) is 0 Å². The number of hydrogen-bond donors (Lipinski definition) is 3. The highest BCUT2D eigenvalue weighted by Gasteiger charge is 2.13. The molecule has 0 aliphatic carbocycles. The molecule has 0 fully saturated rings. The topological polar surface area (TPSA) is 70.2 Å². The first-order valence-corrected chi connectivity index (χ1v) is 7.56. The molecule has 0 spiro atoms. The molecule has 0 atom stereocenters. The minimum absolute atomic E-state index is 0.301. The van der Waals surface area contributed by atoms with Gasteiger partial charge in [0.05, 0.1) is 0 Å². The molecule has 0 saturated heterocycles. The van der Waals surface area contributed by atoms with E-state index in [-0.39, 0.29) is 0 Å². The lowest BCUT2D eigenvalue weighted by atomic mass is 10.2. The van der Waals surface area contributed by atoms with Gasteiger partial charge in [0.15, 0.2) is 0 Å². The van der Waals surface area contributed by atoms with E-state index in [9.17, 15) is 9.59 Å². The number of carbonyl (C=O) groups excluding carboxylic acids is 2. The SMILES string of the molecule is CC(C)CNC(=O)C(=O)Nc1ccc(Nc2ccccc2)cc1. The maximum Gasteiger partial charge on any atom is 0.313 e. The Bertz CT molecular complexity index is 652. The molecule has 0 heterocycles. The summed E-state index contributed by atoms with van der Waals surface area (Å²) < 4.78 is 0. The number of nitrogens with one attached hydrogen (secondary N) is 3. The van der Waals surface area contributed by atoms with Crippen molar-refractivity contribution in [3.8, 4) is 0 Å². The number of amides is 2. The predicted octanol–water partition coefficient (Wildman–Crippen LogP) is 3.14. The first kappa shape index (κ1) is 16.5. The smallest absolute Gasteiger partial charge is 0.313 e. The second-order valence-corrected chi connectivity index (χ2v) is 5.63. The first-order chi connectivity index (χ1) is 11.0. The molecule has 0 bridgehead atoms. The van der Waals surface area contributed by atoms with Crippen molar-refractivity contribution < 1.29 is 9.59 Å². The third-order valence-corrected chi connectivity index (χ3v) is 3.08. The molecule has 2 aromatic rings. The fourth-order valence-corrected chi connectivity index (χ4v) is 1.89. The maximum atomic E-state index is 11.8. The molecular weight excluding hydrogens is 290 g/mol. The summed E-state index contributed by atoms with van der Waals surface area (Å²) in [4.78, 5) is 23.4. The highest BCUT2D eigenvalue weighted by atomic mass is 16.2. The number of rotatable bonds is 5. The van der Waals surface area contributed by atoms with Gasteiger partial charge in [0.2, 0.25) is 0 Å². The maximum absolute atomic E-state index is 11.8. The van der Waals surface area contributed by atoms with Gasteiger partial charge < -0.3 is 16.0 Å². The minimum Gasteiger partial charge on any atom is -0.356 e. The van der Waals surface area contributed by atoms with Crippen LogP contribution in [0.3, 0.4) is 0 Å². The van der Waals surface area contributed by atoms with Crippen LogP contribution >= 0.6 is 0 Å². The fourth-order valence-electron chi connectivity index (χ4n) is 1.89. The molecule has 0 radical (unpaired) electrons. The minimum atomic E-state index is -0.658. The van der Waals surface area contributed by atoms with Gasteiger partial charge in [0, 0.05) is 23.6 Å². The number of carbonyl (C=O) groups is 2. The molecule has 0 aromatic heterocycles. The second-order valence-electron chi connectivity index (χ2n) is 5.63. The van der Waals surface area contributed by atoms with Crippen LogP contribution in [-0.4, -0.2) is 18.4 Å². The molecule has 0 unspecified atom stereocenters. The van der Waals surface area contributed by atoms with E-state index in [0.29, 0.717) is 18.2 Å². The van der Waals surface area contributed by atoms with E-state index < -0.39 is 11.8 Å². The summed E-state index contributed by atoms with van der Waals surface area (Å²) in [6.07, 6.45) is 0. The van der Waals surface area contributed by atoms with Gasteiger partial charge in [-0.25, -0.2) is 0 Å². The number of anilines is 3. The second kappa shape index (κ2) is 7.98. The number of para-hydroxylation sites is 1. The van der Waals surface area contributed by atoms with Gasteiger partial charge in [-0.15, -0.1) is 0 Å². The molecular formula is C18H21N3O2. The lowest BCUT2D eigenvalue weighted by Gasteiger charge is -2.09. The zero-order valence-corrected chi connectivity index (χ0v) is 13.3. The monoisotopic (exact) mass is 311 g/mol. The molecule has 3 N–H and O–H groups in total. The van der Waals surface area contributed by atoms with E-state index in [0.717, 1.165) is 11.4 Å². The van der Waals surface area contributed by atoms with Crippen molar-refractivity contribution in [2.45, 2.75) is 13.8 Å². The van der Waals surface area contributed by atoms with Crippen molar-refractivity contribution >= 4 is 28.9 Å². The molecule has 2 amide bonds. The largest absolute Gasteiger partial charge is 0.356 e. The van der Waals surface area contributed by atoms with Crippen LogP contribution in [0.4, 0.5) is 17.1 Å². The average Bonchev–Trinajstić information content (AvgIpc) is 2.55. The fraction of sp³-hybridized carbons (Fsp3) is 0.222. The summed E-state index contributed by atoms with van der Waals surface area (Å²) in [7, 11) is 0. The molecule has 0 saturated carbocycles. The van der Waals surface area contributed by atoms with Crippen LogP contribution in [0.15, 0.2) is 54.6 Å². The van der Waals surface area contributed by atoms with Crippen molar-refractivity contribution in [1.29, 1.82) is 0 Å². The lowest BCUT2D eigenvalue weighted by molar-refractivity contribution is -0.136. The Labute approximate surface area is 136 Å². The normalized spacial score (nSPS) is 10.2.